The van der Waals surface area contributed by atoms with E-state index in [1.807, 2.05) is 0 Å². The Hall–Kier alpha value is -2.00. The summed E-state index contributed by atoms with van der Waals surface area (Å²) >= 11 is 0. The fourth-order valence-electron chi connectivity index (χ4n) is 3.73. The maximum atomic E-state index is 12.3. The Balaban J connectivity index is 1.43. The van der Waals surface area contributed by atoms with Crippen LogP contribution >= 0.6 is 0 Å². The Labute approximate surface area is 145 Å². The molecular weight excluding hydrogens is 344 g/mol. The van der Waals surface area contributed by atoms with E-state index in [9.17, 15) is 13.2 Å². The highest BCUT2D eigenvalue weighted by molar-refractivity contribution is 7.89. The number of rotatable bonds is 4. The van der Waals surface area contributed by atoms with Crippen LogP contribution in [0.3, 0.4) is 0 Å². The summed E-state index contributed by atoms with van der Waals surface area (Å²) in [5, 5.41) is 7.99. The van der Waals surface area contributed by atoms with Crippen molar-refractivity contribution in [1.82, 2.24) is 19.7 Å². The fourth-order valence-corrected chi connectivity index (χ4v) is 4.89. The molecule has 1 fully saturated rings. The third kappa shape index (κ3) is 3.25. The van der Waals surface area contributed by atoms with Gasteiger partial charge in [0.25, 0.3) is 5.56 Å². The molecule has 9 heteroatoms. The molecule has 0 bridgehead atoms. The minimum Gasteiger partial charge on any atom is -0.363 e. The zero-order valence-electron chi connectivity index (χ0n) is 13.7. The van der Waals surface area contributed by atoms with Crippen LogP contribution in [0.2, 0.25) is 0 Å². The van der Waals surface area contributed by atoms with Crippen molar-refractivity contribution >= 4 is 10.0 Å². The molecular formula is C16H20N4O4S. The molecule has 0 unspecified atom stereocenters. The van der Waals surface area contributed by atoms with Gasteiger partial charge < -0.3 is 4.52 Å². The molecule has 1 saturated carbocycles. The van der Waals surface area contributed by atoms with Gasteiger partial charge in [0.15, 0.2) is 0 Å². The van der Waals surface area contributed by atoms with Gasteiger partial charge in [0.05, 0.1) is 17.9 Å². The van der Waals surface area contributed by atoms with Gasteiger partial charge in [-0.05, 0) is 50.5 Å². The summed E-state index contributed by atoms with van der Waals surface area (Å²) < 4.78 is 33.3. The lowest BCUT2D eigenvalue weighted by Crippen LogP contribution is -2.39. The van der Waals surface area contributed by atoms with Gasteiger partial charge in [0.2, 0.25) is 10.0 Å². The third-order valence-electron chi connectivity index (χ3n) is 5.07. The van der Waals surface area contributed by atoms with Gasteiger partial charge in [-0.1, -0.05) is 5.16 Å². The van der Waals surface area contributed by atoms with E-state index < -0.39 is 10.0 Å². The van der Waals surface area contributed by atoms with Gasteiger partial charge in [0, 0.05) is 12.1 Å². The summed E-state index contributed by atoms with van der Waals surface area (Å²) in [6.07, 6.45) is 8.01. The summed E-state index contributed by atoms with van der Waals surface area (Å²) in [6.45, 7) is 0. The number of sulfonamides is 1. The quantitative estimate of drug-likeness (QED) is 0.873. The van der Waals surface area contributed by atoms with Gasteiger partial charge >= 0.3 is 0 Å². The molecule has 2 aromatic rings. The maximum Gasteiger partial charge on any atom is 0.267 e. The second-order valence-corrected chi connectivity index (χ2v) is 8.45. The van der Waals surface area contributed by atoms with Crippen molar-refractivity contribution in [2.75, 3.05) is 0 Å². The van der Waals surface area contributed by atoms with E-state index in [4.69, 9.17) is 0 Å². The van der Waals surface area contributed by atoms with Crippen molar-refractivity contribution < 1.29 is 12.9 Å². The first-order valence-electron chi connectivity index (χ1n) is 8.56. The van der Waals surface area contributed by atoms with Crippen LogP contribution in [0.4, 0.5) is 0 Å². The van der Waals surface area contributed by atoms with Crippen LogP contribution < -0.4 is 10.3 Å². The summed E-state index contributed by atoms with van der Waals surface area (Å²) in [5.41, 5.74) is 2.07. The van der Waals surface area contributed by atoms with E-state index in [-0.39, 0.29) is 22.5 Å². The van der Waals surface area contributed by atoms with Crippen molar-refractivity contribution in [2.24, 2.45) is 0 Å². The molecule has 25 heavy (non-hydrogen) atoms. The summed E-state index contributed by atoms with van der Waals surface area (Å²) in [4.78, 5) is 12.3. The van der Waals surface area contributed by atoms with E-state index >= 15 is 0 Å². The first-order chi connectivity index (χ1) is 12.0. The molecule has 4 rings (SSSR count). The molecule has 2 aromatic heterocycles. The van der Waals surface area contributed by atoms with Crippen LogP contribution in [-0.2, 0) is 22.9 Å². The van der Waals surface area contributed by atoms with Gasteiger partial charge in [-0.15, -0.1) is 0 Å². The number of fused-ring (bicyclic) bond motifs is 1. The highest BCUT2D eigenvalue weighted by atomic mass is 32.2. The zero-order valence-corrected chi connectivity index (χ0v) is 14.5. The lowest BCUT2D eigenvalue weighted by Gasteiger charge is -2.29. The van der Waals surface area contributed by atoms with E-state index in [1.54, 1.807) is 10.7 Å². The first kappa shape index (κ1) is 16.5. The Kier molecular flexibility index (Phi) is 4.20. The van der Waals surface area contributed by atoms with Gasteiger partial charge in [-0.25, -0.2) is 17.8 Å². The van der Waals surface area contributed by atoms with Crippen LogP contribution in [0.25, 0.3) is 0 Å². The number of aromatic nitrogens is 3. The maximum absolute atomic E-state index is 12.3. The highest BCUT2D eigenvalue weighted by Gasteiger charge is 2.28. The molecule has 8 nitrogen and oxygen atoms in total. The average Bonchev–Trinajstić information content (AvgIpc) is 3.26. The third-order valence-corrected chi connectivity index (χ3v) is 6.53. The monoisotopic (exact) mass is 364 g/mol. The van der Waals surface area contributed by atoms with Crippen molar-refractivity contribution in [2.45, 2.75) is 61.9 Å². The number of hydrogen-bond donors (Lipinski definition) is 1. The van der Waals surface area contributed by atoms with E-state index in [0.29, 0.717) is 12.8 Å². The van der Waals surface area contributed by atoms with Crippen LogP contribution in [0.5, 0.6) is 0 Å². The second-order valence-electron chi connectivity index (χ2n) is 6.74. The lowest BCUT2D eigenvalue weighted by molar-refractivity contribution is 0.284. The minimum atomic E-state index is -3.61. The zero-order chi connectivity index (χ0) is 17.4. The molecule has 2 aliphatic carbocycles. The summed E-state index contributed by atoms with van der Waals surface area (Å²) in [5.74, 6) is 0. The second kappa shape index (κ2) is 6.38. The van der Waals surface area contributed by atoms with Crippen molar-refractivity contribution in [1.29, 1.82) is 0 Å². The molecule has 1 N–H and O–H groups in total. The van der Waals surface area contributed by atoms with Crippen molar-refractivity contribution in [3.8, 4) is 0 Å². The molecule has 0 aromatic carbocycles. The molecule has 0 amide bonds. The van der Waals surface area contributed by atoms with E-state index in [1.165, 1.54) is 6.20 Å². The lowest BCUT2D eigenvalue weighted by atomic mass is 9.92. The summed E-state index contributed by atoms with van der Waals surface area (Å²) in [7, 11) is -3.61. The van der Waals surface area contributed by atoms with E-state index in [0.717, 1.165) is 49.6 Å². The Morgan fingerprint density at radius 2 is 2.00 bits per heavy atom. The summed E-state index contributed by atoms with van der Waals surface area (Å²) in [6, 6.07) is 1.60. The number of hydrogen-bond acceptors (Lipinski definition) is 6. The molecule has 0 saturated heterocycles. The Bertz CT molecular complexity index is 912. The normalized spacial score (nSPS) is 23.5. The van der Waals surface area contributed by atoms with E-state index in [2.05, 4.69) is 19.5 Å². The topological polar surface area (TPSA) is 107 Å². The smallest absolute Gasteiger partial charge is 0.267 e. The first-order valence-corrected chi connectivity index (χ1v) is 10.0. The molecule has 0 aliphatic heterocycles. The number of nitrogens with zero attached hydrogens (tertiary/aromatic N) is 3. The largest absolute Gasteiger partial charge is 0.363 e. The number of nitrogens with one attached hydrogen (secondary N) is 1. The molecule has 2 aliphatic rings. The minimum absolute atomic E-state index is 0.0335. The predicted molar refractivity (Wildman–Crippen MR) is 88.6 cm³/mol. The molecule has 134 valence electrons. The average molecular weight is 364 g/mol. The van der Waals surface area contributed by atoms with Crippen LogP contribution in [0.1, 0.15) is 49.4 Å². The molecule has 2 heterocycles. The number of aryl methyl sites for hydroxylation is 2. The van der Waals surface area contributed by atoms with Crippen molar-refractivity contribution in [3.63, 3.8) is 0 Å². The van der Waals surface area contributed by atoms with Gasteiger partial charge in [-0.2, -0.15) is 5.10 Å². The fraction of sp³-hybridized carbons (Fsp3) is 0.562. The van der Waals surface area contributed by atoms with Gasteiger partial charge in [-0.3, -0.25) is 4.79 Å². The Morgan fingerprint density at radius 3 is 2.72 bits per heavy atom. The molecule has 0 spiro atoms. The SMILES string of the molecule is O=c1cc2c(nn1C1CCC(NS(=O)(=O)c3cnoc3)CC1)CCC2. The Morgan fingerprint density at radius 1 is 1.20 bits per heavy atom. The van der Waals surface area contributed by atoms with Crippen LogP contribution in [0, 0.1) is 0 Å². The highest BCUT2D eigenvalue weighted by Crippen LogP contribution is 2.28. The molecule has 0 atom stereocenters. The van der Waals surface area contributed by atoms with Gasteiger partial charge in [0.1, 0.15) is 11.2 Å². The predicted octanol–water partition coefficient (Wildman–Crippen LogP) is 1.18. The van der Waals surface area contributed by atoms with Crippen molar-refractivity contribution in [3.05, 3.63) is 40.1 Å². The van der Waals surface area contributed by atoms with Crippen LogP contribution in [0.15, 0.2) is 32.7 Å². The standard InChI is InChI=1S/C16H20N4O4S/c21-16-8-11-2-1-3-15(11)18-20(16)13-6-4-12(5-7-13)19-25(22,23)14-9-17-24-10-14/h8-10,12-13,19H,1-7H2. The molecule has 0 radical (unpaired) electrons. The van der Waals surface area contributed by atoms with Crippen LogP contribution in [-0.4, -0.2) is 29.4 Å².